The number of fused-ring (bicyclic) bond motifs is 1. The first-order chi connectivity index (χ1) is 12.8. The number of nitrogens with one attached hydrogen (secondary N) is 1. The lowest BCUT2D eigenvalue weighted by Crippen LogP contribution is -2.17. The van der Waals surface area contributed by atoms with Crippen molar-refractivity contribution in [2.75, 3.05) is 31.7 Å². The fraction of sp³-hybridized carbons (Fsp3) is 0.350. The van der Waals surface area contributed by atoms with E-state index in [1.807, 2.05) is 0 Å². The van der Waals surface area contributed by atoms with Crippen LogP contribution < -0.4 is 19.5 Å². The Balaban J connectivity index is 1.35. The fourth-order valence-electron chi connectivity index (χ4n) is 2.99. The SMILES string of the molecule is O=C(Nc1ccc2c(c1)OCCO2)c1ccc(OC[C@H]2CCCO2)cc1. The highest BCUT2D eigenvalue weighted by Crippen LogP contribution is 2.32. The van der Waals surface area contributed by atoms with Crippen molar-refractivity contribution in [1.29, 1.82) is 0 Å². The van der Waals surface area contributed by atoms with Crippen LogP contribution in [0.5, 0.6) is 17.2 Å². The van der Waals surface area contributed by atoms with Crippen molar-refractivity contribution in [3.05, 3.63) is 48.0 Å². The minimum Gasteiger partial charge on any atom is -0.491 e. The van der Waals surface area contributed by atoms with Crippen molar-refractivity contribution in [2.24, 2.45) is 0 Å². The van der Waals surface area contributed by atoms with Crippen LogP contribution in [0.25, 0.3) is 0 Å². The van der Waals surface area contributed by atoms with Gasteiger partial charge in [0.1, 0.15) is 25.6 Å². The fourth-order valence-corrected chi connectivity index (χ4v) is 2.99. The molecule has 0 saturated carbocycles. The van der Waals surface area contributed by atoms with Gasteiger partial charge < -0.3 is 24.3 Å². The second-order valence-electron chi connectivity index (χ2n) is 6.28. The molecule has 0 radical (unpaired) electrons. The molecule has 1 atom stereocenters. The minimum atomic E-state index is -0.188. The smallest absolute Gasteiger partial charge is 0.255 e. The third kappa shape index (κ3) is 3.91. The Hall–Kier alpha value is -2.73. The summed E-state index contributed by atoms with van der Waals surface area (Å²) in [6, 6.07) is 12.5. The summed E-state index contributed by atoms with van der Waals surface area (Å²) in [5, 5.41) is 2.87. The van der Waals surface area contributed by atoms with E-state index in [0.29, 0.717) is 42.6 Å². The van der Waals surface area contributed by atoms with Gasteiger partial charge in [0.25, 0.3) is 5.91 Å². The van der Waals surface area contributed by atoms with Gasteiger partial charge in [-0.1, -0.05) is 0 Å². The van der Waals surface area contributed by atoms with Gasteiger partial charge in [0.2, 0.25) is 0 Å². The lowest BCUT2D eigenvalue weighted by Gasteiger charge is -2.19. The summed E-state index contributed by atoms with van der Waals surface area (Å²) in [4.78, 5) is 12.4. The maximum absolute atomic E-state index is 12.4. The van der Waals surface area contributed by atoms with Crippen molar-refractivity contribution in [2.45, 2.75) is 18.9 Å². The van der Waals surface area contributed by atoms with E-state index < -0.39 is 0 Å². The monoisotopic (exact) mass is 355 g/mol. The Bertz CT molecular complexity index is 768. The maximum Gasteiger partial charge on any atom is 0.255 e. The summed E-state index contributed by atoms with van der Waals surface area (Å²) >= 11 is 0. The first-order valence-corrected chi connectivity index (χ1v) is 8.83. The van der Waals surface area contributed by atoms with Crippen LogP contribution in [0.2, 0.25) is 0 Å². The number of rotatable bonds is 5. The first kappa shape index (κ1) is 16.7. The molecule has 2 aliphatic heterocycles. The van der Waals surface area contributed by atoms with E-state index in [2.05, 4.69) is 5.32 Å². The number of ether oxygens (including phenoxy) is 4. The molecule has 4 rings (SSSR count). The number of benzene rings is 2. The molecule has 0 unspecified atom stereocenters. The topological polar surface area (TPSA) is 66.0 Å². The van der Waals surface area contributed by atoms with Gasteiger partial charge in [-0.05, 0) is 49.2 Å². The van der Waals surface area contributed by atoms with Gasteiger partial charge in [-0.25, -0.2) is 0 Å². The van der Waals surface area contributed by atoms with E-state index in [-0.39, 0.29) is 12.0 Å². The highest BCUT2D eigenvalue weighted by atomic mass is 16.6. The number of hydrogen-bond acceptors (Lipinski definition) is 5. The van der Waals surface area contributed by atoms with Gasteiger partial charge in [-0.3, -0.25) is 4.79 Å². The van der Waals surface area contributed by atoms with Gasteiger partial charge >= 0.3 is 0 Å². The van der Waals surface area contributed by atoms with Crippen molar-refractivity contribution in [3.63, 3.8) is 0 Å². The Kier molecular flexibility index (Phi) is 4.93. The van der Waals surface area contributed by atoms with Gasteiger partial charge in [0.05, 0.1) is 6.10 Å². The summed E-state index contributed by atoms with van der Waals surface area (Å²) in [5.74, 6) is 1.89. The third-order valence-corrected chi connectivity index (χ3v) is 4.38. The standard InChI is InChI=1S/C20H21NO5/c22-20(21-15-5-8-18-19(12-15)25-11-10-24-18)14-3-6-16(7-4-14)26-13-17-2-1-9-23-17/h3-8,12,17H,1-2,9-11,13H2,(H,21,22)/t17-/m1/s1. The Morgan fingerprint density at radius 3 is 2.62 bits per heavy atom. The summed E-state index contributed by atoms with van der Waals surface area (Å²) in [6.45, 7) is 2.41. The lowest BCUT2D eigenvalue weighted by molar-refractivity contribution is 0.0679. The molecule has 0 bridgehead atoms. The van der Waals surface area contributed by atoms with Crippen molar-refractivity contribution >= 4 is 11.6 Å². The minimum absolute atomic E-state index is 0.174. The van der Waals surface area contributed by atoms with Crippen LogP contribution in [0.3, 0.4) is 0 Å². The van der Waals surface area contributed by atoms with Crippen molar-refractivity contribution < 1.29 is 23.7 Å². The summed E-state index contributed by atoms with van der Waals surface area (Å²) in [6.07, 6.45) is 2.30. The first-order valence-electron chi connectivity index (χ1n) is 8.83. The van der Waals surface area contributed by atoms with Crippen LogP contribution in [0.4, 0.5) is 5.69 Å². The summed E-state index contributed by atoms with van der Waals surface area (Å²) in [5.41, 5.74) is 1.22. The zero-order valence-electron chi connectivity index (χ0n) is 14.4. The maximum atomic E-state index is 12.4. The van der Waals surface area contributed by atoms with E-state index in [0.717, 1.165) is 25.2 Å². The molecule has 1 fully saturated rings. The van der Waals surface area contributed by atoms with E-state index in [9.17, 15) is 4.79 Å². The van der Waals surface area contributed by atoms with Gasteiger partial charge in [-0.2, -0.15) is 0 Å². The second-order valence-corrected chi connectivity index (χ2v) is 6.28. The van der Waals surface area contributed by atoms with Crippen LogP contribution >= 0.6 is 0 Å². The van der Waals surface area contributed by atoms with Crippen LogP contribution in [0, 0.1) is 0 Å². The van der Waals surface area contributed by atoms with E-state index in [1.54, 1.807) is 42.5 Å². The number of carbonyl (C=O) groups is 1. The van der Waals surface area contributed by atoms with Crippen LogP contribution in [-0.2, 0) is 4.74 Å². The van der Waals surface area contributed by atoms with Crippen LogP contribution in [-0.4, -0.2) is 38.4 Å². The summed E-state index contributed by atoms with van der Waals surface area (Å²) in [7, 11) is 0. The normalized spacial score (nSPS) is 18.4. The molecule has 2 aromatic carbocycles. The predicted molar refractivity (Wildman–Crippen MR) is 96.3 cm³/mol. The molecule has 1 saturated heterocycles. The van der Waals surface area contributed by atoms with Gasteiger partial charge in [0, 0.05) is 23.9 Å². The number of carbonyl (C=O) groups excluding carboxylic acids is 1. The molecule has 6 nitrogen and oxygen atoms in total. The highest BCUT2D eigenvalue weighted by Gasteiger charge is 2.16. The van der Waals surface area contributed by atoms with Crippen LogP contribution in [0.15, 0.2) is 42.5 Å². The zero-order valence-corrected chi connectivity index (χ0v) is 14.4. The van der Waals surface area contributed by atoms with Crippen LogP contribution in [0.1, 0.15) is 23.2 Å². The molecule has 2 heterocycles. The van der Waals surface area contributed by atoms with Crippen molar-refractivity contribution in [3.8, 4) is 17.2 Å². The summed E-state index contributed by atoms with van der Waals surface area (Å²) < 4.78 is 22.3. The van der Waals surface area contributed by atoms with Gasteiger partial charge in [0.15, 0.2) is 11.5 Å². The molecule has 0 aromatic heterocycles. The van der Waals surface area contributed by atoms with E-state index >= 15 is 0 Å². The average molecular weight is 355 g/mol. The van der Waals surface area contributed by atoms with E-state index in [1.165, 1.54) is 0 Å². The number of anilines is 1. The van der Waals surface area contributed by atoms with Crippen molar-refractivity contribution in [1.82, 2.24) is 0 Å². The predicted octanol–water partition coefficient (Wildman–Crippen LogP) is 3.27. The quantitative estimate of drug-likeness (QED) is 0.892. The lowest BCUT2D eigenvalue weighted by atomic mass is 10.2. The molecule has 2 aliphatic rings. The average Bonchev–Trinajstić information content (AvgIpc) is 3.20. The highest BCUT2D eigenvalue weighted by molar-refractivity contribution is 6.04. The molecule has 26 heavy (non-hydrogen) atoms. The molecular weight excluding hydrogens is 334 g/mol. The molecule has 0 spiro atoms. The third-order valence-electron chi connectivity index (χ3n) is 4.38. The Morgan fingerprint density at radius 2 is 1.85 bits per heavy atom. The van der Waals surface area contributed by atoms with Gasteiger partial charge in [-0.15, -0.1) is 0 Å². The Morgan fingerprint density at radius 1 is 1.04 bits per heavy atom. The molecule has 2 aromatic rings. The molecular formula is C20H21NO5. The Labute approximate surface area is 152 Å². The molecule has 1 N–H and O–H groups in total. The second kappa shape index (κ2) is 7.66. The van der Waals surface area contributed by atoms with E-state index in [4.69, 9.17) is 18.9 Å². The number of amides is 1. The molecule has 136 valence electrons. The number of hydrogen-bond donors (Lipinski definition) is 1. The zero-order chi connectivity index (χ0) is 17.8. The molecule has 0 aliphatic carbocycles. The molecule has 6 heteroatoms. The largest absolute Gasteiger partial charge is 0.491 e. The molecule has 1 amide bonds.